The summed E-state index contributed by atoms with van der Waals surface area (Å²) < 4.78 is 17.2. The molecular weight excluding hydrogens is 344 g/mol. The van der Waals surface area contributed by atoms with Gasteiger partial charge in [-0.05, 0) is 26.4 Å². The van der Waals surface area contributed by atoms with Crippen LogP contribution in [0.5, 0.6) is 5.88 Å². The summed E-state index contributed by atoms with van der Waals surface area (Å²) in [4.78, 5) is 12.0. The molecule has 21 heavy (non-hydrogen) atoms. The lowest BCUT2D eigenvalue weighted by molar-refractivity contribution is 0.292. The van der Waals surface area contributed by atoms with Gasteiger partial charge in [0.2, 0.25) is 5.88 Å². The van der Waals surface area contributed by atoms with E-state index >= 15 is 0 Å². The van der Waals surface area contributed by atoms with Gasteiger partial charge >= 0.3 is 5.69 Å². The third kappa shape index (κ3) is 2.35. The van der Waals surface area contributed by atoms with Crippen molar-refractivity contribution in [3.8, 4) is 11.7 Å². The summed E-state index contributed by atoms with van der Waals surface area (Å²) in [5.74, 6) is 0.612. The average Bonchev–Trinajstić information content (AvgIpc) is 3.11. The van der Waals surface area contributed by atoms with E-state index in [0.29, 0.717) is 21.9 Å². The lowest BCUT2D eigenvalue weighted by atomic mass is 10.3. The van der Waals surface area contributed by atoms with Crippen molar-refractivity contribution in [1.29, 1.82) is 0 Å². The van der Waals surface area contributed by atoms with E-state index in [1.807, 2.05) is 0 Å². The maximum atomic E-state index is 12.0. The second-order valence-corrected chi connectivity index (χ2v) is 4.92. The highest BCUT2D eigenvalue weighted by molar-refractivity contribution is 9.10. The van der Waals surface area contributed by atoms with Crippen LogP contribution in [0.3, 0.4) is 0 Å². The number of tetrazole rings is 1. The molecule has 0 saturated carbocycles. The van der Waals surface area contributed by atoms with Crippen molar-refractivity contribution in [2.75, 3.05) is 0 Å². The first-order valence-electron chi connectivity index (χ1n) is 6.30. The highest BCUT2D eigenvalue weighted by Crippen LogP contribution is 2.23. The molecule has 10 nitrogen and oxygen atoms in total. The Morgan fingerprint density at radius 3 is 2.86 bits per heavy atom. The van der Waals surface area contributed by atoms with E-state index < -0.39 is 5.69 Å². The van der Waals surface area contributed by atoms with Crippen molar-refractivity contribution in [1.82, 2.24) is 39.8 Å². The minimum Gasteiger partial charge on any atom is -0.471 e. The van der Waals surface area contributed by atoms with Gasteiger partial charge in [-0.15, -0.1) is 9.78 Å². The van der Waals surface area contributed by atoms with E-state index in [-0.39, 0.29) is 6.61 Å². The quantitative estimate of drug-likeness (QED) is 0.691. The average molecular weight is 357 g/mol. The number of rotatable bonds is 4. The summed E-state index contributed by atoms with van der Waals surface area (Å²) in [6.45, 7) is 0.101. The van der Waals surface area contributed by atoms with Crippen LogP contribution in [0.1, 0.15) is 5.56 Å². The van der Waals surface area contributed by atoms with E-state index in [2.05, 4.69) is 36.6 Å². The van der Waals surface area contributed by atoms with Crippen molar-refractivity contribution >= 4 is 15.9 Å². The van der Waals surface area contributed by atoms with Gasteiger partial charge in [-0.1, -0.05) is 0 Å². The summed E-state index contributed by atoms with van der Waals surface area (Å²) >= 11 is 3.40. The van der Waals surface area contributed by atoms with E-state index in [1.165, 1.54) is 13.2 Å². The van der Waals surface area contributed by atoms with Crippen LogP contribution in [-0.2, 0) is 20.7 Å². The van der Waals surface area contributed by atoms with E-state index in [4.69, 9.17) is 6.15 Å². The SMILES string of the molecule is [3H]n1ccc(OCc2c(-n3nnn(C)c3=O)nn(C)c2Br)n1. The molecule has 0 unspecified atom stereocenters. The van der Waals surface area contributed by atoms with Gasteiger partial charge in [0.05, 0.1) is 5.56 Å². The molecular formula is C10H11BrN8O2. The number of halogens is 1. The Balaban J connectivity index is 1.96. The van der Waals surface area contributed by atoms with Crippen LogP contribution in [0.15, 0.2) is 21.7 Å². The van der Waals surface area contributed by atoms with Crippen LogP contribution in [0.2, 0.25) is 1.41 Å². The predicted octanol–water partition coefficient (Wildman–Crippen LogP) is -0.236. The molecule has 110 valence electrons. The Morgan fingerprint density at radius 2 is 2.24 bits per heavy atom. The molecule has 0 saturated heterocycles. The highest BCUT2D eigenvalue weighted by atomic mass is 79.9. The molecule has 0 fully saturated rings. The van der Waals surface area contributed by atoms with Crippen molar-refractivity contribution in [3.63, 3.8) is 0 Å². The molecule has 0 spiro atoms. The first kappa shape index (κ1) is 12.3. The fourth-order valence-electron chi connectivity index (χ4n) is 1.72. The number of nitrogens with one attached hydrogen (secondary N) is 1. The Bertz CT molecular complexity index is 878. The minimum absolute atomic E-state index is 0.101. The third-order valence-electron chi connectivity index (χ3n) is 2.77. The van der Waals surface area contributed by atoms with Gasteiger partial charge in [0.1, 0.15) is 11.2 Å². The maximum Gasteiger partial charge on any atom is 0.369 e. The van der Waals surface area contributed by atoms with Gasteiger partial charge in [-0.2, -0.15) is 9.78 Å². The summed E-state index contributed by atoms with van der Waals surface area (Å²) in [5.41, 5.74) is 0.201. The van der Waals surface area contributed by atoms with Crippen LogP contribution in [0.4, 0.5) is 0 Å². The first-order valence-corrected chi connectivity index (χ1v) is 6.65. The molecule has 3 aromatic heterocycles. The molecule has 0 amide bonds. The van der Waals surface area contributed by atoms with E-state index in [0.717, 1.165) is 14.5 Å². The number of aromatic amines is 1. The van der Waals surface area contributed by atoms with Crippen molar-refractivity contribution in [3.05, 3.63) is 32.9 Å². The second-order valence-electron chi connectivity index (χ2n) is 4.17. The predicted molar refractivity (Wildman–Crippen MR) is 74.0 cm³/mol. The zero-order valence-electron chi connectivity index (χ0n) is 12.1. The van der Waals surface area contributed by atoms with Crippen LogP contribution in [0, 0.1) is 0 Å². The first-order chi connectivity index (χ1) is 10.5. The normalized spacial score (nSPS) is 11.7. The molecule has 1 N–H and O–H groups in total. The number of nitrogens with zero attached hydrogens (tertiary/aromatic N) is 7. The number of aryl methyl sites for hydroxylation is 2. The Hall–Kier alpha value is -2.43. The number of ether oxygens (including phenoxy) is 1. The molecule has 0 aliphatic rings. The Labute approximate surface area is 127 Å². The van der Waals surface area contributed by atoms with Gasteiger partial charge in [0.15, 0.2) is 7.23 Å². The lowest BCUT2D eigenvalue weighted by Crippen LogP contribution is -2.23. The monoisotopic (exact) mass is 356 g/mol. The van der Waals surface area contributed by atoms with Crippen molar-refractivity contribution in [2.24, 2.45) is 14.1 Å². The Morgan fingerprint density at radius 1 is 1.43 bits per heavy atom. The van der Waals surface area contributed by atoms with Crippen molar-refractivity contribution < 1.29 is 6.15 Å². The number of hydrogen-bond acceptors (Lipinski definition) is 6. The molecule has 0 bridgehead atoms. The molecule has 0 atom stereocenters. The third-order valence-corrected chi connectivity index (χ3v) is 3.77. The molecule has 0 aliphatic heterocycles. The fraction of sp³-hybridized carbons (Fsp3) is 0.300. The van der Waals surface area contributed by atoms with Crippen LogP contribution < -0.4 is 10.4 Å². The molecule has 3 heterocycles. The summed E-state index contributed by atoms with van der Waals surface area (Å²) in [6, 6.07) is 1.56. The smallest absolute Gasteiger partial charge is 0.369 e. The zero-order valence-corrected chi connectivity index (χ0v) is 12.7. The molecule has 3 rings (SSSR count). The number of hydrogen-bond donors (Lipinski definition) is 1. The van der Waals surface area contributed by atoms with Crippen LogP contribution in [-0.4, -0.2) is 39.8 Å². The number of H-pyrrole nitrogens is 1. The van der Waals surface area contributed by atoms with Crippen LogP contribution in [0.25, 0.3) is 5.82 Å². The second kappa shape index (κ2) is 5.16. The lowest BCUT2D eigenvalue weighted by Gasteiger charge is -2.03. The molecule has 3 aromatic rings. The number of aromatic nitrogens is 8. The van der Waals surface area contributed by atoms with Gasteiger partial charge in [0.25, 0.3) is 0 Å². The van der Waals surface area contributed by atoms with E-state index in [1.54, 1.807) is 17.8 Å². The van der Waals surface area contributed by atoms with Crippen LogP contribution >= 0.6 is 15.9 Å². The maximum absolute atomic E-state index is 12.0. The van der Waals surface area contributed by atoms with Gasteiger partial charge in [-0.25, -0.2) is 4.79 Å². The van der Waals surface area contributed by atoms with Crippen molar-refractivity contribution in [2.45, 2.75) is 6.61 Å². The molecule has 11 heteroatoms. The highest BCUT2D eigenvalue weighted by Gasteiger charge is 2.20. The summed E-state index contributed by atoms with van der Waals surface area (Å²) in [6.07, 6.45) is 1.45. The minimum atomic E-state index is -0.415. The fourth-order valence-corrected chi connectivity index (χ4v) is 2.09. The summed E-state index contributed by atoms with van der Waals surface area (Å²) in [5, 5.41) is 16.4. The molecule has 0 aromatic carbocycles. The van der Waals surface area contributed by atoms with E-state index in [9.17, 15) is 4.79 Å². The topological polar surface area (TPSA) is 108 Å². The Kier molecular flexibility index (Phi) is 3.03. The largest absolute Gasteiger partial charge is 0.471 e. The van der Waals surface area contributed by atoms with Gasteiger partial charge in [-0.3, -0.25) is 9.77 Å². The summed E-state index contributed by atoms with van der Waals surface area (Å²) in [7, 11) is 3.22. The molecule has 0 aliphatic carbocycles. The zero-order chi connectivity index (χ0) is 15.9. The molecule has 0 radical (unpaired) electrons. The van der Waals surface area contributed by atoms with Gasteiger partial charge in [0, 0.05) is 26.4 Å². The standard InChI is InChI=1S/C10H11BrN8O2/c1-17-8(11)6(5-21-7-3-4-12-13-7)9(14-17)19-10(20)18(2)15-16-19/h3-4H,5H2,1-2H3,(H,12,13)/i/hT. The van der Waals surface area contributed by atoms with Gasteiger partial charge < -0.3 is 4.74 Å².